The largest absolute Gasteiger partial charge is 0.497 e. The van der Waals surface area contributed by atoms with Crippen molar-refractivity contribution in [2.75, 3.05) is 31.6 Å². The lowest BCUT2D eigenvalue weighted by Gasteiger charge is -2.18. The number of carbonyl (C=O) groups excluding carboxylic acids is 2. The third-order valence-corrected chi connectivity index (χ3v) is 4.29. The Balaban J connectivity index is 1.53. The van der Waals surface area contributed by atoms with Gasteiger partial charge in [0.25, 0.3) is 0 Å². The first-order chi connectivity index (χ1) is 13.0. The third kappa shape index (κ3) is 4.33. The Labute approximate surface area is 155 Å². The van der Waals surface area contributed by atoms with Gasteiger partial charge in [0.15, 0.2) is 11.6 Å². The normalized spacial score (nSPS) is 13.8. The van der Waals surface area contributed by atoms with Crippen molar-refractivity contribution in [3.05, 3.63) is 59.7 Å². The van der Waals surface area contributed by atoms with Gasteiger partial charge in [-0.1, -0.05) is 12.1 Å². The molecular formula is C19H19F2N3O3. The molecule has 0 aliphatic carbocycles. The van der Waals surface area contributed by atoms with Crippen molar-refractivity contribution in [3.8, 4) is 5.75 Å². The molecule has 2 aromatic carbocycles. The number of anilines is 1. The molecule has 2 aromatic rings. The van der Waals surface area contributed by atoms with Gasteiger partial charge in [-0.2, -0.15) is 0 Å². The molecule has 6 nitrogen and oxygen atoms in total. The van der Waals surface area contributed by atoms with Crippen LogP contribution in [0.2, 0.25) is 0 Å². The van der Waals surface area contributed by atoms with Crippen LogP contribution in [0.15, 0.2) is 42.5 Å². The maximum atomic E-state index is 13.4. The molecule has 0 spiro atoms. The van der Waals surface area contributed by atoms with Gasteiger partial charge in [-0.15, -0.1) is 0 Å². The number of rotatable bonds is 6. The Kier molecular flexibility index (Phi) is 5.54. The first-order valence-electron chi connectivity index (χ1n) is 8.39. The van der Waals surface area contributed by atoms with Gasteiger partial charge in [-0.3, -0.25) is 9.69 Å². The van der Waals surface area contributed by atoms with Crippen LogP contribution in [0, 0.1) is 11.6 Å². The van der Waals surface area contributed by atoms with E-state index in [1.807, 2.05) is 12.1 Å². The number of nitrogens with zero attached hydrogens (tertiary/aromatic N) is 2. The first kappa shape index (κ1) is 18.6. The molecule has 0 bridgehead atoms. The number of hydrogen-bond acceptors (Lipinski definition) is 3. The van der Waals surface area contributed by atoms with Crippen LogP contribution in [0.1, 0.15) is 5.56 Å². The molecule has 8 heteroatoms. The van der Waals surface area contributed by atoms with Gasteiger partial charge in [0, 0.05) is 31.4 Å². The van der Waals surface area contributed by atoms with Crippen molar-refractivity contribution < 1.29 is 23.1 Å². The lowest BCUT2D eigenvalue weighted by atomic mass is 10.2. The minimum Gasteiger partial charge on any atom is -0.497 e. The van der Waals surface area contributed by atoms with Crippen LogP contribution in [-0.2, 0) is 11.3 Å². The van der Waals surface area contributed by atoms with Crippen molar-refractivity contribution in [3.63, 3.8) is 0 Å². The Morgan fingerprint density at radius 2 is 1.85 bits per heavy atom. The number of nitrogens with one attached hydrogen (secondary N) is 1. The fourth-order valence-electron chi connectivity index (χ4n) is 2.80. The molecule has 1 aliphatic rings. The Hall–Kier alpha value is -3.16. The van der Waals surface area contributed by atoms with Gasteiger partial charge < -0.3 is 15.0 Å². The molecule has 1 fully saturated rings. The molecule has 27 heavy (non-hydrogen) atoms. The van der Waals surface area contributed by atoms with E-state index in [4.69, 9.17) is 4.74 Å². The van der Waals surface area contributed by atoms with Crippen LogP contribution in [-0.4, -0.2) is 43.6 Å². The fourth-order valence-corrected chi connectivity index (χ4v) is 2.80. The highest BCUT2D eigenvalue weighted by Gasteiger charge is 2.31. The minimum atomic E-state index is -1.02. The summed E-state index contributed by atoms with van der Waals surface area (Å²) in [4.78, 5) is 27.2. The average molecular weight is 375 g/mol. The summed E-state index contributed by atoms with van der Waals surface area (Å²) in [6.45, 7) is 0.858. The maximum absolute atomic E-state index is 13.4. The molecular weight excluding hydrogens is 356 g/mol. The minimum absolute atomic E-state index is 0.102. The van der Waals surface area contributed by atoms with Crippen LogP contribution in [0.3, 0.4) is 0 Å². The monoisotopic (exact) mass is 375 g/mol. The van der Waals surface area contributed by atoms with E-state index >= 15 is 0 Å². The lowest BCUT2D eigenvalue weighted by molar-refractivity contribution is -0.121. The summed E-state index contributed by atoms with van der Waals surface area (Å²) in [5, 5.41) is 2.75. The Morgan fingerprint density at radius 3 is 2.52 bits per heavy atom. The third-order valence-electron chi connectivity index (χ3n) is 4.29. The molecule has 3 amide bonds. The van der Waals surface area contributed by atoms with E-state index in [9.17, 15) is 18.4 Å². The van der Waals surface area contributed by atoms with Crippen molar-refractivity contribution in [1.29, 1.82) is 0 Å². The highest BCUT2D eigenvalue weighted by atomic mass is 19.2. The molecule has 0 aromatic heterocycles. The lowest BCUT2D eigenvalue weighted by Crippen LogP contribution is -2.39. The second-order valence-electron chi connectivity index (χ2n) is 6.08. The second kappa shape index (κ2) is 8.03. The van der Waals surface area contributed by atoms with Gasteiger partial charge in [0.2, 0.25) is 5.91 Å². The predicted molar refractivity (Wildman–Crippen MR) is 95.5 cm³/mol. The molecule has 0 unspecified atom stereocenters. The summed E-state index contributed by atoms with van der Waals surface area (Å²) in [6.07, 6.45) is 0. The first-order valence-corrected chi connectivity index (χ1v) is 8.39. The maximum Gasteiger partial charge on any atom is 0.325 e. The van der Waals surface area contributed by atoms with Crippen molar-refractivity contribution in [1.82, 2.24) is 10.2 Å². The van der Waals surface area contributed by atoms with Crippen LogP contribution in [0.5, 0.6) is 5.75 Å². The highest BCUT2D eigenvalue weighted by molar-refractivity contribution is 5.96. The molecule has 142 valence electrons. The van der Waals surface area contributed by atoms with Crippen LogP contribution >= 0.6 is 0 Å². The Bertz CT molecular complexity index is 843. The zero-order valence-corrected chi connectivity index (χ0v) is 14.7. The smallest absolute Gasteiger partial charge is 0.325 e. The van der Waals surface area contributed by atoms with E-state index in [2.05, 4.69) is 5.32 Å². The van der Waals surface area contributed by atoms with E-state index in [1.165, 1.54) is 15.9 Å². The van der Waals surface area contributed by atoms with E-state index in [0.717, 1.165) is 23.4 Å². The number of methoxy groups -OCH3 is 1. The summed E-state index contributed by atoms with van der Waals surface area (Å²) in [7, 11) is 1.58. The zero-order chi connectivity index (χ0) is 19.4. The molecule has 0 saturated carbocycles. The predicted octanol–water partition coefficient (Wildman–Crippen LogP) is 2.53. The highest BCUT2D eigenvalue weighted by Crippen LogP contribution is 2.22. The van der Waals surface area contributed by atoms with Crippen molar-refractivity contribution in [2.45, 2.75) is 6.54 Å². The summed E-state index contributed by atoms with van der Waals surface area (Å²) in [6, 6.07) is 10.1. The van der Waals surface area contributed by atoms with Gasteiger partial charge in [-0.05, 0) is 29.8 Å². The van der Waals surface area contributed by atoms with Gasteiger partial charge in [0.1, 0.15) is 12.3 Å². The number of halogens is 2. The Morgan fingerprint density at radius 1 is 1.11 bits per heavy atom. The number of urea groups is 1. The number of carbonyl (C=O) groups is 2. The van der Waals surface area contributed by atoms with E-state index in [1.54, 1.807) is 19.2 Å². The van der Waals surface area contributed by atoms with E-state index in [0.29, 0.717) is 19.6 Å². The summed E-state index contributed by atoms with van der Waals surface area (Å²) >= 11 is 0. The summed E-state index contributed by atoms with van der Waals surface area (Å²) < 4.78 is 31.5. The van der Waals surface area contributed by atoms with Crippen LogP contribution in [0.25, 0.3) is 0 Å². The number of ether oxygens (including phenoxy) is 1. The molecule has 3 rings (SSSR count). The van der Waals surface area contributed by atoms with E-state index < -0.39 is 17.7 Å². The number of amides is 3. The standard InChI is InChI=1S/C19H19F2N3O3/c1-27-15-5-2-13(3-6-15)11-22-18(25)12-23-8-9-24(19(23)26)14-4-7-16(20)17(21)10-14/h2-7,10H,8-9,11-12H2,1H3,(H,22,25). The van der Waals surface area contributed by atoms with Crippen molar-refractivity contribution >= 4 is 17.6 Å². The summed E-state index contributed by atoms with van der Waals surface area (Å²) in [5.41, 5.74) is 1.17. The molecule has 0 atom stereocenters. The fraction of sp³-hybridized carbons (Fsp3) is 0.263. The molecule has 1 N–H and O–H groups in total. The van der Waals surface area contributed by atoms with Crippen molar-refractivity contribution in [2.24, 2.45) is 0 Å². The van der Waals surface area contributed by atoms with Gasteiger partial charge >= 0.3 is 6.03 Å². The molecule has 0 radical (unpaired) electrons. The van der Waals surface area contributed by atoms with Crippen LogP contribution < -0.4 is 15.0 Å². The number of hydrogen-bond donors (Lipinski definition) is 1. The zero-order valence-electron chi connectivity index (χ0n) is 14.7. The molecule has 1 heterocycles. The summed E-state index contributed by atoms with van der Waals surface area (Å²) in [5.74, 6) is -1.56. The average Bonchev–Trinajstić information content (AvgIpc) is 3.03. The number of benzene rings is 2. The van der Waals surface area contributed by atoms with Gasteiger partial charge in [-0.25, -0.2) is 13.6 Å². The molecule has 1 saturated heterocycles. The second-order valence-corrected chi connectivity index (χ2v) is 6.08. The van der Waals surface area contributed by atoms with E-state index in [-0.39, 0.29) is 18.1 Å². The van der Waals surface area contributed by atoms with Gasteiger partial charge in [0.05, 0.1) is 7.11 Å². The molecule has 1 aliphatic heterocycles. The van der Waals surface area contributed by atoms with Crippen LogP contribution in [0.4, 0.5) is 19.3 Å². The topological polar surface area (TPSA) is 61.9 Å². The quantitative estimate of drug-likeness (QED) is 0.844. The SMILES string of the molecule is COc1ccc(CNC(=O)CN2CCN(c3ccc(F)c(F)c3)C2=O)cc1.